The van der Waals surface area contributed by atoms with Crippen LogP contribution in [0, 0.1) is 0 Å². The standard InChI is InChI=1S/C18H23N5O2/c1-3-25-18(24)15-10-19-17-14(11-20-21(17)2)16(15)23-9-6-13(12-23)22-7-4-5-8-22/h4-5,10-11,13H,3,6-9,12H2,1-2H3/t13-/m0/s1. The second kappa shape index (κ2) is 6.48. The molecular formula is C18H23N5O2. The minimum Gasteiger partial charge on any atom is -0.462 e. The van der Waals surface area contributed by atoms with Crippen molar-refractivity contribution in [3.8, 4) is 0 Å². The smallest absolute Gasteiger partial charge is 0.341 e. The molecule has 0 amide bonds. The van der Waals surface area contributed by atoms with Gasteiger partial charge in [-0.25, -0.2) is 9.78 Å². The molecule has 0 bridgehead atoms. The summed E-state index contributed by atoms with van der Waals surface area (Å²) in [7, 11) is 1.87. The number of hydrogen-bond donors (Lipinski definition) is 0. The van der Waals surface area contributed by atoms with Crippen LogP contribution in [0.4, 0.5) is 5.69 Å². The lowest BCUT2D eigenvalue weighted by molar-refractivity contribution is 0.0527. The van der Waals surface area contributed by atoms with Crippen molar-refractivity contribution < 1.29 is 9.53 Å². The second-order valence-corrected chi connectivity index (χ2v) is 6.56. The van der Waals surface area contributed by atoms with Crippen molar-refractivity contribution >= 4 is 22.7 Å². The van der Waals surface area contributed by atoms with Gasteiger partial charge in [0.1, 0.15) is 5.56 Å². The summed E-state index contributed by atoms with van der Waals surface area (Å²) in [5.74, 6) is -0.318. The molecule has 0 N–H and O–H groups in total. The number of esters is 1. The number of carbonyl (C=O) groups excluding carboxylic acids is 1. The van der Waals surface area contributed by atoms with Gasteiger partial charge in [-0.3, -0.25) is 9.58 Å². The molecule has 7 heteroatoms. The quantitative estimate of drug-likeness (QED) is 0.622. The monoisotopic (exact) mass is 341 g/mol. The number of rotatable bonds is 4. The average Bonchev–Trinajstić information content (AvgIpc) is 3.35. The first kappa shape index (κ1) is 16.1. The van der Waals surface area contributed by atoms with Crippen LogP contribution in [0.2, 0.25) is 0 Å². The third kappa shape index (κ3) is 2.78. The van der Waals surface area contributed by atoms with Gasteiger partial charge in [-0.15, -0.1) is 0 Å². The molecule has 4 rings (SSSR count). The SMILES string of the molecule is CCOC(=O)c1cnc2c(cnn2C)c1N1CC[C@H](N2CC=CC2)C1. The van der Waals surface area contributed by atoms with E-state index in [0.29, 0.717) is 18.2 Å². The number of aryl methyl sites for hydroxylation is 1. The Kier molecular flexibility index (Phi) is 4.17. The molecule has 7 nitrogen and oxygen atoms in total. The van der Waals surface area contributed by atoms with Gasteiger partial charge in [-0.1, -0.05) is 12.2 Å². The molecule has 0 aromatic carbocycles. The van der Waals surface area contributed by atoms with Crippen molar-refractivity contribution in [2.24, 2.45) is 7.05 Å². The van der Waals surface area contributed by atoms with Crippen molar-refractivity contribution in [1.29, 1.82) is 0 Å². The summed E-state index contributed by atoms with van der Waals surface area (Å²) in [6.07, 6.45) is 8.96. The second-order valence-electron chi connectivity index (χ2n) is 6.56. The highest BCUT2D eigenvalue weighted by Gasteiger charge is 2.32. The van der Waals surface area contributed by atoms with Crippen molar-refractivity contribution in [1.82, 2.24) is 19.7 Å². The van der Waals surface area contributed by atoms with E-state index >= 15 is 0 Å². The van der Waals surface area contributed by atoms with Gasteiger partial charge in [0.25, 0.3) is 0 Å². The van der Waals surface area contributed by atoms with Gasteiger partial charge in [-0.05, 0) is 13.3 Å². The Balaban J connectivity index is 1.71. The van der Waals surface area contributed by atoms with E-state index in [1.807, 2.05) is 14.0 Å². The van der Waals surface area contributed by atoms with E-state index < -0.39 is 0 Å². The van der Waals surface area contributed by atoms with Crippen LogP contribution in [-0.4, -0.2) is 64.5 Å². The molecule has 2 aromatic heterocycles. The Hall–Kier alpha value is -2.41. The summed E-state index contributed by atoms with van der Waals surface area (Å²) in [5, 5.41) is 5.24. The lowest BCUT2D eigenvalue weighted by atomic mass is 10.1. The minimum atomic E-state index is -0.318. The first-order valence-corrected chi connectivity index (χ1v) is 8.81. The Morgan fingerprint density at radius 1 is 1.32 bits per heavy atom. The summed E-state index contributed by atoms with van der Waals surface area (Å²) < 4.78 is 7.00. The van der Waals surface area contributed by atoms with E-state index in [-0.39, 0.29) is 5.97 Å². The zero-order valence-electron chi connectivity index (χ0n) is 14.7. The van der Waals surface area contributed by atoms with Gasteiger partial charge in [-0.2, -0.15) is 5.10 Å². The Labute approximate surface area is 146 Å². The van der Waals surface area contributed by atoms with Gasteiger partial charge in [0.2, 0.25) is 0 Å². The van der Waals surface area contributed by atoms with Crippen LogP contribution in [0.3, 0.4) is 0 Å². The molecule has 2 aromatic rings. The van der Waals surface area contributed by atoms with E-state index in [2.05, 4.69) is 32.0 Å². The zero-order valence-corrected chi connectivity index (χ0v) is 14.7. The highest BCUT2D eigenvalue weighted by atomic mass is 16.5. The molecule has 1 atom stereocenters. The predicted molar refractivity (Wildman–Crippen MR) is 95.8 cm³/mol. The maximum atomic E-state index is 12.5. The van der Waals surface area contributed by atoms with Crippen LogP contribution >= 0.6 is 0 Å². The van der Waals surface area contributed by atoms with E-state index in [4.69, 9.17) is 4.74 Å². The van der Waals surface area contributed by atoms with Crippen LogP contribution in [0.5, 0.6) is 0 Å². The molecule has 0 radical (unpaired) electrons. The lowest BCUT2D eigenvalue weighted by Crippen LogP contribution is -2.36. The first-order chi connectivity index (χ1) is 12.2. The van der Waals surface area contributed by atoms with E-state index in [9.17, 15) is 4.79 Å². The number of hydrogen-bond acceptors (Lipinski definition) is 6. The fraction of sp³-hybridized carbons (Fsp3) is 0.500. The van der Waals surface area contributed by atoms with Crippen molar-refractivity contribution in [3.05, 3.63) is 30.1 Å². The minimum absolute atomic E-state index is 0.318. The lowest BCUT2D eigenvalue weighted by Gasteiger charge is -2.25. The molecule has 0 aliphatic carbocycles. The maximum absolute atomic E-state index is 12.5. The first-order valence-electron chi connectivity index (χ1n) is 8.81. The number of nitrogens with zero attached hydrogens (tertiary/aromatic N) is 5. The number of pyridine rings is 1. The van der Waals surface area contributed by atoms with E-state index in [1.165, 1.54) is 0 Å². The van der Waals surface area contributed by atoms with Crippen LogP contribution in [0.15, 0.2) is 24.5 Å². The number of ether oxygens (including phenoxy) is 1. The Bertz CT molecular complexity index is 820. The maximum Gasteiger partial charge on any atom is 0.341 e. The van der Waals surface area contributed by atoms with Crippen molar-refractivity contribution in [2.45, 2.75) is 19.4 Å². The Morgan fingerprint density at radius 2 is 2.12 bits per heavy atom. The van der Waals surface area contributed by atoms with Crippen LogP contribution in [0.1, 0.15) is 23.7 Å². The third-order valence-corrected chi connectivity index (χ3v) is 5.07. The molecule has 0 unspecified atom stereocenters. The molecule has 1 saturated heterocycles. The van der Waals surface area contributed by atoms with Crippen molar-refractivity contribution in [3.63, 3.8) is 0 Å². The molecule has 1 fully saturated rings. The van der Waals surface area contributed by atoms with E-state index in [1.54, 1.807) is 17.1 Å². The summed E-state index contributed by atoms with van der Waals surface area (Å²) >= 11 is 0. The zero-order chi connectivity index (χ0) is 17.4. The van der Waals surface area contributed by atoms with Crippen LogP contribution in [-0.2, 0) is 11.8 Å². The summed E-state index contributed by atoms with van der Waals surface area (Å²) in [4.78, 5) is 21.7. The summed E-state index contributed by atoms with van der Waals surface area (Å²) in [5.41, 5.74) is 2.23. The summed E-state index contributed by atoms with van der Waals surface area (Å²) in [6.45, 7) is 6.03. The van der Waals surface area contributed by atoms with Gasteiger partial charge in [0.05, 0.1) is 23.9 Å². The molecule has 0 spiro atoms. The molecule has 0 saturated carbocycles. The van der Waals surface area contributed by atoms with Gasteiger partial charge < -0.3 is 9.64 Å². The van der Waals surface area contributed by atoms with Crippen LogP contribution < -0.4 is 4.90 Å². The number of carbonyl (C=O) groups is 1. The van der Waals surface area contributed by atoms with Gasteiger partial charge >= 0.3 is 5.97 Å². The number of fused-ring (bicyclic) bond motifs is 1. The molecule has 2 aliphatic heterocycles. The highest BCUT2D eigenvalue weighted by molar-refractivity contribution is 6.04. The fourth-order valence-electron chi connectivity index (χ4n) is 3.82. The molecule has 4 heterocycles. The topological polar surface area (TPSA) is 63.5 Å². The Morgan fingerprint density at radius 3 is 2.88 bits per heavy atom. The molecule has 132 valence electrons. The third-order valence-electron chi connectivity index (χ3n) is 5.07. The molecule has 25 heavy (non-hydrogen) atoms. The van der Waals surface area contributed by atoms with E-state index in [0.717, 1.165) is 49.3 Å². The van der Waals surface area contributed by atoms with Gasteiger partial charge in [0.15, 0.2) is 5.65 Å². The average molecular weight is 341 g/mol. The normalized spacial score (nSPS) is 20.7. The number of anilines is 1. The highest BCUT2D eigenvalue weighted by Crippen LogP contribution is 2.33. The predicted octanol–water partition coefficient (Wildman–Crippen LogP) is 1.60. The van der Waals surface area contributed by atoms with Gasteiger partial charge in [0, 0.05) is 45.5 Å². The largest absolute Gasteiger partial charge is 0.462 e. The number of aromatic nitrogens is 3. The fourth-order valence-corrected chi connectivity index (χ4v) is 3.82. The molecule has 2 aliphatic rings. The van der Waals surface area contributed by atoms with Crippen molar-refractivity contribution in [2.75, 3.05) is 37.7 Å². The van der Waals surface area contributed by atoms with Crippen LogP contribution in [0.25, 0.3) is 11.0 Å². The summed E-state index contributed by atoms with van der Waals surface area (Å²) in [6, 6.07) is 0.505. The molecular weight excluding hydrogens is 318 g/mol.